The fourth-order valence-electron chi connectivity index (χ4n) is 3.89. The Labute approximate surface area is 216 Å². The average molecular weight is 485 g/mol. The highest BCUT2D eigenvalue weighted by atomic mass is 27.2. The van der Waals surface area contributed by atoms with Crippen molar-refractivity contribution in [2.24, 2.45) is 0 Å². The molecule has 2 aromatic carbocycles. The largest absolute Gasteiger partial charge is 0.832 e. The number of para-hydroxylation sites is 2. The zero-order valence-corrected chi connectivity index (χ0v) is 25.6. The lowest BCUT2D eigenvalue weighted by Gasteiger charge is -2.32. The lowest BCUT2D eigenvalue weighted by Crippen LogP contribution is -2.25. The molecular weight excluding hydrogens is 435 g/mol. The summed E-state index contributed by atoms with van der Waals surface area (Å²) in [5.74, 6) is 2.03. The highest BCUT2D eigenvalue weighted by molar-refractivity contribution is 6.21. The monoisotopic (exact) mass is 484 g/mol. The van der Waals surface area contributed by atoms with Gasteiger partial charge >= 0.3 is 15.9 Å². The molecule has 4 heteroatoms. The molecule has 0 aliphatic rings. The van der Waals surface area contributed by atoms with E-state index in [0.717, 1.165) is 11.5 Å². The molecule has 34 heavy (non-hydrogen) atoms. The summed E-state index contributed by atoms with van der Waals surface area (Å²) < 4.78 is 13.2. The Kier molecular flexibility index (Phi) is 10.3. The fourth-order valence-corrected chi connectivity index (χ4v) is 4.81. The Morgan fingerprint density at radius 1 is 0.559 bits per heavy atom. The highest BCUT2D eigenvalue weighted by Gasteiger charge is 2.29. The van der Waals surface area contributed by atoms with Crippen molar-refractivity contribution in [1.82, 2.24) is 0 Å². The van der Waals surface area contributed by atoms with Crippen molar-refractivity contribution < 1.29 is 12.7 Å². The predicted molar refractivity (Wildman–Crippen MR) is 149 cm³/mol. The van der Waals surface area contributed by atoms with Crippen LogP contribution in [0.15, 0.2) is 36.4 Å². The summed E-state index contributed by atoms with van der Waals surface area (Å²) in [6.07, 6.45) is 0. The third-order valence-electron chi connectivity index (χ3n) is 5.67. The van der Waals surface area contributed by atoms with Crippen molar-refractivity contribution in [3.8, 4) is 11.5 Å². The molecular formula is C30H49AlO3. The maximum Gasteiger partial charge on any atom is 0.832 e. The normalized spacial score (nSPS) is 12.5. The maximum atomic E-state index is 7.57. The van der Waals surface area contributed by atoms with E-state index in [2.05, 4.69) is 119 Å². The SMILES string of the molecule is CC(C)(C)c1cccc(C(C)(C)C)c1[O][AlH][O]c1c(C(C)(C)C)cccc1C(C)(C)C.CCO. The summed E-state index contributed by atoms with van der Waals surface area (Å²) in [5.41, 5.74) is 5.01. The van der Waals surface area contributed by atoms with Crippen molar-refractivity contribution in [1.29, 1.82) is 0 Å². The molecule has 0 saturated heterocycles. The second-order valence-electron chi connectivity index (χ2n) is 13.1. The first kappa shape index (κ1) is 30.6. The Bertz CT molecular complexity index is 780. The lowest BCUT2D eigenvalue weighted by atomic mass is 9.79. The molecule has 0 bridgehead atoms. The van der Waals surface area contributed by atoms with Crippen molar-refractivity contribution in [2.45, 2.75) is 112 Å². The molecule has 2 rings (SSSR count). The Hall–Kier alpha value is -1.47. The zero-order valence-electron chi connectivity index (χ0n) is 24.1. The van der Waals surface area contributed by atoms with Crippen LogP contribution in [-0.2, 0) is 21.7 Å². The van der Waals surface area contributed by atoms with Gasteiger partial charge in [-0.1, -0.05) is 119 Å². The zero-order chi connectivity index (χ0) is 26.5. The Morgan fingerprint density at radius 3 is 0.941 bits per heavy atom. The number of rotatable bonds is 4. The summed E-state index contributed by atoms with van der Waals surface area (Å²) >= 11 is -1.30. The van der Waals surface area contributed by atoms with Gasteiger partial charge in [-0.2, -0.15) is 0 Å². The van der Waals surface area contributed by atoms with E-state index >= 15 is 0 Å². The Balaban J connectivity index is 0.00000182. The van der Waals surface area contributed by atoms with Gasteiger partial charge in [0.2, 0.25) is 0 Å². The van der Waals surface area contributed by atoms with Crippen LogP contribution in [0.25, 0.3) is 0 Å². The predicted octanol–water partition coefficient (Wildman–Crippen LogP) is 7.60. The van der Waals surface area contributed by atoms with Crippen LogP contribution in [0.5, 0.6) is 11.5 Å². The van der Waals surface area contributed by atoms with Crippen molar-refractivity contribution in [3.05, 3.63) is 58.7 Å². The molecule has 0 amide bonds. The third kappa shape index (κ3) is 8.33. The van der Waals surface area contributed by atoms with E-state index < -0.39 is 15.9 Å². The van der Waals surface area contributed by atoms with Crippen molar-refractivity contribution in [3.63, 3.8) is 0 Å². The van der Waals surface area contributed by atoms with Gasteiger partial charge in [-0.05, 0) is 50.8 Å². The molecule has 1 N–H and O–H groups in total. The smallest absolute Gasteiger partial charge is 0.614 e. The van der Waals surface area contributed by atoms with Gasteiger partial charge in [-0.25, -0.2) is 0 Å². The molecule has 0 unspecified atom stereocenters. The lowest BCUT2D eigenvalue weighted by molar-refractivity contribution is 0.318. The highest BCUT2D eigenvalue weighted by Crippen LogP contribution is 2.41. The van der Waals surface area contributed by atoms with Gasteiger partial charge in [0.05, 0.1) is 11.5 Å². The number of hydrogen-bond acceptors (Lipinski definition) is 3. The quantitative estimate of drug-likeness (QED) is 0.454. The molecule has 0 aromatic heterocycles. The molecule has 0 saturated carbocycles. The van der Waals surface area contributed by atoms with Crippen LogP contribution >= 0.6 is 0 Å². The van der Waals surface area contributed by atoms with Crippen LogP contribution in [0.4, 0.5) is 0 Å². The van der Waals surface area contributed by atoms with Crippen LogP contribution in [0.2, 0.25) is 0 Å². The second kappa shape index (κ2) is 11.5. The van der Waals surface area contributed by atoms with Crippen molar-refractivity contribution in [2.75, 3.05) is 6.61 Å². The van der Waals surface area contributed by atoms with E-state index in [1.807, 2.05) is 0 Å². The van der Waals surface area contributed by atoms with Gasteiger partial charge in [0, 0.05) is 6.61 Å². The van der Waals surface area contributed by atoms with Crippen molar-refractivity contribution >= 4 is 15.9 Å². The van der Waals surface area contributed by atoms with E-state index in [9.17, 15) is 0 Å². The minimum atomic E-state index is -1.30. The second-order valence-corrected chi connectivity index (χ2v) is 13.9. The maximum absolute atomic E-state index is 7.57. The fraction of sp³-hybridized carbons (Fsp3) is 0.600. The van der Waals surface area contributed by atoms with Crippen LogP contribution in [0.3, 0.4) is 0 Å². The first-order valence-corrected chi connectivity index (χ1v) is 13.7. The number of aliphatic hydroxyl groups excluding tert-OH is 1. The van der Waals surface area contributed by atoms with Gasteiger partial charge in [-0.3, -0.25) is 0 Å². The van der Waals surface area contributed by atoms with E-state index in [0.29, 0.717) is 0 Å². The summed E-state index contributed by atoms with van der Waals surface area (Å²) in [5, 5.41) is 7.57. The van der Waals surface area contributed by atoms with E-state index in [-0.39, 0.29) is 28.3 Å². The number of aliphatic hydroxyl groups is 1. The molecule has 3 nitrogen and oxygen atoms in total. The van der Waals surface area contributed by atoms with Crippen LogP contribution in [0, 0.1) is 0 Å². The molecule has 0 radical (unpaired) electrons. The first-order chi connectivity index (χ1) is 15.4. The number of hydrogen-bond donors (Lipinski definition) is 1. The summed E-state index contributed by atoms with van der Waals surface area (Å²) in [6, 6.07) is 13.1. The van der Waals surface area contributed by atoms with Gasteiger partial charge in [0.15, 0.2) is 0 Å². The van der Waals surface area contributed by atoms with Crippen LogP contribution < -0.4 is 7.58 Å². The van der Waals surface area contributed by atoms with Crippen LogP contribution in [0.1, 0.15) is 112 Å². The van der Waals surface area contributed by atoms with E-state index in [4.69, 9.17) is 12.7 Å². The number of benzene rings is 2. The molecule has 0 aliphatic carbocycles. The molecule has 0 atom stereocenters. The molecule has 190 valence electrons. The molecule has 0 spiro atoms. The molecule has 2 aromatic rings. The van der Waals surface area contributed by atoms with Gasteiger partial charge in [0.25, 0.3) is 0 Å². The Morgan fingerprint density at radius 2 is 0.765 bits per heavy atom. The summed E-state index contributed by atoms with van der Waals surface area (Å²) in [7, 11) is 0. The minimum Gasteiger partial charge on any atom is -0.614 e. The van der Waals surface area contributed by atoms with Gasteiger partial charge in [0.1, 0.15) is 0 Å². The molecule has 0 heterocycles. The topological polar surface area (TPSA) is 38.7 Å². The third-order valence-corrected chi connectivity index (χ3v) is 6.48. The first-order valence-electron chi connectivity index (χ1n) is 12.5. The standard InChI is InChI=1S/2C14H22O.C2H6O.Al.H/c2*1-13(2,3)10-8-7-9-11(12(10)15)14(4,5)6;1-2-3;;/h2*7-9,15H,1-6H3;3H,2H2,1H3;;/q;;;+2;/p-2. The van der Waals surface area contributed by atoms with E-state index in [1.165, 1.54) is 22.3 Å². The van der Waals surface area contributed by atoms with Crippen LogP contribution in [-0.4, -0.2) is 27.6 Å². The van der Waals surface area contributed by atoms with E-state index in [1.54, 1.807) is 6.92 Å². The molecule has 0 aliphatic heterocycles. The van der Waals surface area contributed by atoms with Gasteiger partial charge in [-0.15, -0.1) is 0 Å². The van der Waals surface area contributed by atoms with Gasteiger partial charge < -0.3 is 12.7 Å². The average Bonchev–Trinajstić information content (AvgIpc) is 2.65. The summed E-state index contributed by atoms with van der Waals surface area (Å²) in [4.78, 5) is 0. The molecule has 0 fully saturated rings. The summed E-state index contributed by atoms with van der Waals surface area (Å²) in [6.45, 7) is 28.9. The minimum absolute atomic E-state index is 0.00484.